The van der Waals surface area contributed by atoms with Crippen LogP contribution in [0.2, 0.25) is 0 Å². The minimum absolute atomic E-state index is 0.175. The number of aromatic nitrogens is 2. The van der Waals surface area contributed by atoms with Gasteiger partial charge in [0.05, 0.1) is 11.3 Å². The van der Waals surface area contributed by atoms with E-state index in [1.807, 2.05) is 0 Å². The van der Waals surface area contributed by atoms with E-state index >= 15 is 0 Å². The minimum atomic E-state index is -4.37. The van der Waals surface area contributed by atoms with Crippen LogP contribution in [0.3, 0.4) is 0 Å². The van der Waals surface area contributed by atoms with Crippen LogP contribution < -0.4 is 5.32 Å². The smallest absolute Gasteiger partial charge is 0.316 e. The van der Waals surface area contributed by atoms with E-state index in [1.54, 1.807) is 25.4 Å². The molecule has 0 amide bonds. The van der Waals surface area contributed by atoms with Gasteiger partial charge in [-0.05, 0) is 30.8 Å². The number of hydrogen-bond donors (Lipinski definition) is 1. The maximum absolute atomic E-state index is 12.9. The van der Waals surface area contributed by atoms with Crippen molar-refractivity contribution in [1.29, 1.82) is 0 Å². The van der Waals surface area contributed by atoms with E-state index in [0.29, 0.717) is 5.69 Å². The van der Waals surface area contributed by atoms with Gasteiger partial charge in [-0.25, -0.2) is 4.68 Å². The number of alkyl halides is 3. The lowest BCUT2D eigenvalue weighted by Gasteiger charge is -2.14. The molecule has 3 nitrogen and oxygen atoms in total. The summed E-state index contributed by atoms with van der Waals surface area (Å²) in [5.74, 6) is 0. The van der Waals surface area contributed by atoms with Gasteiger partial charge in [0, 0.05) is 18.9 Å². The molecule has 0 saturated heterocycles. The van der Waals surface area contributed by atoms with Crippen molar-refractivity contribution in [2.45, 2.75) is 12.7 Å². The molecule has 2 rings (SSSR count). The molecule has 18 heavy (non-hydrogen) atoms. The summed E-state index contributed by atoms with van der Waals surface area (Å²) in [7, 11) is 1.61. The monoisotopic (exact) mass is 255 g/mol. The zero-order valence-electron chi connectivity index (χ0n) is 9.70. The fraction of sp³-hybridized carbons (Fsp3) is 0.250. The van der Waals surface area contributed by atoms with Gasteiger partial charge in [0.2, 0.25) is 0 Å². The van der Waals surface area contributed by atoms with Crippen LogP contribution in [0.1, 0.15) is 11.1 Å². The standard InChI is InChI=1S/C12H12F3N3/c1-16-8-9-3-4-10(18-6-2-5-17-18)7-11(9)12(13,14)15/h2-7,16H,8H2,1H3. The van der Waals surface area contributed by atoms with Crippen molar-refractivity contribution < 1.29 is 13.2 Å². The van der Waals surface area contributed by atoms with Gasteiger partial charge in [-0.15, -0.1) is 0 Å². The van der Waals surface area contributed by atoms with E-state index in [4.69, 9.17) is 0 Å². The SMILES string of the molecule is CNCc1ccc(-n2cccn2)cc1C(F)(F)F. The Morgan fingerprint density at radius 2 is 2.11 bits per heavy atom. The van der Waals surface area contributed by atoms with Crippen molar-refractivity contribution in [3.05, 3.63) is 47.8 Å². The van der Waals surface area contributed by atoms with Gasteiger partial charge in [0.1, 0.15) is 0 Å². The van der Waals surface area contributed by atoms with Crippen LogP contribution in [0.5, 0.6) is 0 Å². The molecule has 0 aliphatic heterocycles. The van der Waals surface area contributed by atoms with Crippen LogP contribution in [0.25, 0.3) is 5.69 Å². The van der Waals surface area contributed by atoms with Crippen molar-refractivity contribution in [2.24, 2.45) is 0 Å². The number of benzene rings is 1. The largest absolute Gasteiger partial charge is 0.416 e. The van der Waals surface area contributed by atoms with Gasteiger partial charge < -0.3 is 5.32 Å². The molecule has 0 atom stereocenters. The summed E-state index contributed by atoms with van der Waals surface area (Å²) >= 11 is 0. The van der Waals surface area contributed by atoms with Crippen molar-refractivity contribution in [3.63, 3.8) is 0 Å². The van der Waals surface area contributed by atoms with Crippen LogP contribution in [-0.4, -0.2) is 16.8 Å². The van der Waals surface area contributed by atoms with Gasteiger partial charge >= 0.3 is 6.18 Å². The summed E-state index contributed by atoms with van der Waals surface area (Å²) in [4.78, 5) is 0. The number of halogens is 3. The van der Waals surface area contributed by atoms with E-state index < -0.39 is 11.7 Å². The molecule has 6 heteroatoms. The second-order valence-corrected chi connectivity index (χ2v) is 3.82. The van der Waals surface area contributed by atoms with E-state index in [0.717, 1.165) is 6.07 Å². The lowest BCUT2D eigenvalue weighted by atomic mass is 10.1. The zero-order valence-corrected chi connectivity index (χ0v) is 9.70. The highest BCUT2D eigenvalue weighted by atomic mass is 19.4. The van der Waals surface area contributed by atoms with Crippen LogP contribution in [0.15, 0.2) is 36.7 Å². The first-order valence-corrected chi connectivity index (χ1v) is 5.37. The van der Waals surface area contributed by atoms with Crippen molar-refractivity contribution in [2.75, 3.05) is 7.05 Å². The zero-order chi connectivity index (χ0) is 13.2. The molecule has 1 aromatic carbocycles. The molecule has 0 aliphatic carbocycles. The average molecular weight is 255 g/mol. The lowest BCUT2D eigenvalue weighted by molar-refractivity contribution is -0.138. The first-order chi connectivity index (χ1) is 8.52. The summed E-state index contributed by atoms with van der Waals surface area (Å²) in [6.07, 6.45) is -1.24. The summed E-state index contributed by atoms with van der Waals surface area (Å²) in [5.41, 5.74) is -0.0158. The molecule has 0 radical (unpaired) electrons. The number of hydrogen-bond acceptors (Lipinski definition) is 2. The molecule has 1 aromatic heterocycles. The van der Waals surface area contributed by atoms with Gasteiger partial charge in [-0.1, -0.05) is 6.07 Å². The predicted molar refractivity (Wildman–Crippen MR) is 61.3 cm³/mol. The Hall–Kier alpha value is -1.82. The quantitative estimate of drug-likeness (QED) is 0.913. The molecular weight excluding hydrogens is 243 g/mol. The first-order valence-electron chi connectivity index (χ1n) is 5.37. The van der Waals surface area contributed by atoms with E-state index in [-0.39, 0.29) is 12.1 Å². The summed E-state index contributed by atoms with van der Waals surface area (Å²) in [5, 5.41) is 6.65. The fourth-order valence-electron chi connectivity index (χ4n) is 1.74. The lowest BCUT2D eigenvalue weighted by Crippen LogP contribution is -2.15. The third-order valence-corrected chi connectivity index (χ3v) is 2.54. The molecule has 0 saturated carbocycles. The highest BCUT2D eigenvalue weighted by Gasteiger charge is 2.33. The van der Waals surface area contributed by atoms with Gasteiger partial charge in [-0.3, -0.25) is 0 Å². The van der Waals surface area contributed by atoms with Crippen LogP contribution in [0, 0.1) is 0 Å². The summed E-state index contributed by atoms with van der Waals surface area (Å²) in [6, 6.07) is 5.86. The Kier molecular flexibility index (Phi) is 3.38. The second-order valence-electron chi connectivity index (χ2n) is 3.82. The molecule has 2 aromatic rings. The molecule has 1 N–H and O–H groups in total. The Balaban J connectivity index is 2.49. The number of nitrogens with zero attached hydrogens (tertiary/aromatic N) is 2. The van der Waals surface area contributed by atoms with Crippen LogP contribution >= 0.6 is 0 Å². The van der Waals surface area contributed by atoms with Crippen molar-refractivity contribution in [1.82, 2.24) is 15.1 Å². The molecule has 0 unspecified atom stereocenters. The van der Waals surface area contributed by atoms with Crippen molar-refractivity contribution >= 4 is 0 Å². The summed E-state index contributed by atoms with van der Waals surface area (Å²) in [6.45, 7) is 0.175. The molecule has 96 valence electrons. The average Bonchev–Trinajstić information content (AvgIpc) is 2.82. The number of rotatable bonds is 3. The van der Waals surface area contributed by atoms with Gasteiger partial charge in [-0.2, -0.15) is 18.3 Å². The highest BCUT2D eigenvalue weighted by Crippen LogP contribution is 2.33. The molecule has 1 heterocycles. The highest BCUT2D eigenvalue weighted by molar-refractivity contribution is 5.41. The Morgan fingerprint density at radius 3 is 2.67 bits per heavy atom. The topological polar surface area (TPSA) is 29.9 Å². The van der Waals surface area contributed by atoms with Crippen LogP contribution in [0.4, 0.5) is 13.2 Å². The van der Waals surface area contributed by atoms with Gasteiger partial charge in [0.15, 0.2) is 0 Å². The normalized spacial score (nSPS) is 11.8. The molecule has 0 bridgehead atoms. The first kappa shape index (κ1) is 12.6. The molecular formula is C12H12F3N3. The minimum Gasteiger partial charge on any atom is -0.316 e. The molecule has 0 spiro atoms. The van der Waals surface area contributed by atoms with Crippen LogP contribution in [-0.2, 0) is 12.7 Å². The van der Waals surface area contributed by atoms with E-state index in [1.165, 1.54) is 16.9 Å². The molecule has 0 aliphatic rings. The predicted octanol–water partition coefficient (Wildman–Crippen LogP) is 2.61. The Morgan fingerprint density at radius 1 is 1.33 bits per heavy atom. The van der Waals surface area contributed by atoms with Crippen molar-refractivity contribution in [3.8, 4) is 5.69 Å². The Labute approximate surface area is 102 Å². The van der Waals surface area contributed by atoms with E-state index in [2.05, 4.69) is 10.4 Å². The second kappa shape index (κ2) is 4.81. The summed E-state index contributed by atoms with van der Waals surface area (Å²) < 4.78 is 40.2. The van der Waals surface area contributed by atoms with E-state index in [9.17, 15) is 13.2 Å². The third-order valence-electron chi connectivity index (χ3n) is 2.54. The Bertz CT molecular complexity index is 518. The maximum Gasteiger partial charge on any atom is 0.416 e. The van der Waals surface area contributed by atoms with Gasteiger partial charge in [0.25, 0.3) is 0 Å². The fourth-order valence-corrected chi connectivity index (χ4v) is 1.74. The third kappa shape index (κ3) is 2.53. The maximum atomic E-state index is 12.9. The molecule has 0 fully saturated rings. The number of nitrogens with one attached hydrogen (secondary N) is 1.